The average Bonchev–Trinajstić information content (AvgIpc) is 2.04. The quantitative estimate of drug-likeness (QED) is 0.605. The minimum atomic E-state index is 0.445. The Bertz CT molecular complexity index is 235. The third-order valence-corrected chi connectivity index (χ3v) is 1.68. The molecule has 0 aliphatic heterocycles. The molecule has 10 heavy (non-hydrogen) atoms. The maximum Gasteiger partial charge on any atom is 0.509 e. The van der Waals surface area contributed by atoms with Crippen molar-refractivity contribution in [2.75, 3.05) is 7.11 Å². The van der Waals surface area contributed by atoms with E-state index in [1.165, 1.54) is 0 Å². The van der Waals surface area contributed by atoms with Gasteiger partial charge in [0.2, 0.25) is 0 Å². The van der Waals surface area contributed by atoms with E-state index in [-0.39, 0.29) is 0 Å². The highest BCUT2D eigenvalue weighted by Gasteiger charge is 2.12. The molecule has 0 saturated heterocycles. The lowest BCUT2D eigenvalue weighted by Gasteiger charge is -1.92. The van der Waals surface area contributed by atoms with Gasteiger partial charge in [0.15, 0.2) is 5.75 Å². The van der Waals surface area contributed by atoms with E-state index in [2.05, 4.69) is 0 Å². The first-order valence-electron chi connectivity index (χ1n) is 2.81. The van der Waals surface area contributed by atoms with E-state index < -0.39 is 0 Å². The summed E-state index contributed by atoms with van der Waals surface area (Å²) in [6.45, 7) is 0. The SMILES string of the molecule is COc1ccccc1[S+]=O. The number of ether oxygens (including phenoxy) is 1. The molecule has 0 radical (unpaired) electrons. The standard InChI is InChI=1S/C7H7O2S/c1-9-6-4-2-3-5-7(6)10-8/h2-5H,1H3/q+1. The molecule has 1 rings (SSSR count). The molecular formula is C7H7O2S+. The Morgan fingerprint density at radius 2 is 2.10 bits per heavy atom. The summed E-state index contributed by atoms with van der Waals surface area (Å²) < 4.78 is 15.3. The van der Waals surface area contributed by atoms with Gasteiger partial charge in [0.1, 0.15) is 0 Å². The van der Waals surface area contributed by atoms with Gasteiger partial charge in [-0.15, -0.1) is 0 Å². The highest BCUT2D eigenvalue weighted by atomic mass is 32.1. The second-order valence-electron chi connectivity index (χ2n) is 1.73. The minimum Gasteiger partial charge on any atom is -0.491 e. The topological polar surface area (TPSA) is 26.3 Å². The third-order valence-electron chi connectivity index (χ3n) is 1.16. The van der Waals surface area contributed by atoms with Crippen LogP contribution in [0.2, 0.25) is 0 Å². The molecule has 0 aliphatic rings. The highest BCUT2D eigenvalue weighted by Crippen LogP contribution is 2.16. The van der Waals surface area contributed by atoms with Gasteiger partial charge in [-0.1, -0.05) is 12.1 Å². The summed E-state index contributed by atoms with van der Waals surface area (Å²) in [7, 11) is 1.55. The van der Waals surface area contributed by atoms with E-state index >= 15 is 0 Å². The van der Waals surface area contributed by atoms with Crippen LogP contribution in [0, 0.1) is 0 Å². The van der Waals surface area contributed by atoms with E-state index in [0.29, 0.717) is 22.3 Å². The number of rotatable bonds is 2. The maximum absolute atomic E-state index is 10.3. The zero-order valence-electron chi connectivity index (χ0n) is 5.53. The zero-order valence-corrected chi connectivity index (χ0v) is 6.35. The van der Waals surface area contributed by atoms with Gasteiger partial charge >= 0.3 is 16.6 Å². The van der Waals surface area contributed by atoms with Crippen molar-refractivity contribution in [2.45, 2.75) is 4.90 Å². The fourth-order valence-corrected chi connectivity index (χ4v) is 1.06. The van der Waals surface area contributed by atoms with Gasteiger partial charge in [0, 0.05) is 10.3 Å². The molecule has 0 unspecified atom stereocenters. The summed E-state index contributed by atoms with van der Waals surface area (Å²) >= 11 is 0.445. The van der Waals surface area contributed by atoms with Gasteiger partial charge in [0.25, 0.3) is 0 Å². The van der Waals surface area contributed by atoms with Gasteiger partial charge in [-0.05, 0) is 6.07 Å². The van der Waals surface area contributed by atoms with Crippen LogP contribution in [0.1, 0.15) is 0 Å². The monoisotopic (exact) mass is 155 g/mol. The molecule has 52 valence electrons. The van der Waals surface area contributed by atoms with Crippen molar-refractivity contribution >= 4 is 11.7 Å². The van der Waals surface area contributed by atoms with E-state index in [4.69, 9.17) is 4.74 Å². The lowest BCUT2D eigenvalue weighted by Crippen LogP contribution is -1.85. The van der Waals surface area contributed by atoms with Gasteiger partial charge in [-0.3, -0.25) is 0 Å². The average molecular weight is 155 g/mol. The molecule has 0 amide bonds. The largest absolute Gasteiger partial charge is 0.509 e. The van der Waals surface area contributed by atoms with Crippen molar-refractivity contribution in [3.05, 3.63) is 24.3 Å². The lowest BCUT2D eigenvalue weighted by atomic mass is 10.3. The highest BCUT2D eigenvalue weighted by molar-refractivity contribution is 7.65. The second-order valence-corrected chi connectivity index (χ2v) is 2.34. The molecule has 0 bridgehead atoms. The van der Waals surface area contributed by atoms with E-state index in [9.17, 15) is 4.21 Å². The van der Waals surface area contributed by atoms with Crippen LogP contribution in [-0.4, -0.2) is 7.11 Å². The van der Waals surface area contributed by atoms with Crippen molar-refractivity contribution in [3.8, 4) is 5.75 Å². The summed E-state index contributed by atoms with van der Waals surface area (Å²) in [4.78, 5) is 0.630. The molecule has 0 heterocycles. The molecule has 0 aliphatic carbocycles. The molecular weight excluding hydrogens is 148 g/mol. The van der Waals surface area contributed by atoms with Crippen LogP contribution in [0.25, 0.3) is 0 Å². The molecule has 0 atom stereocenters. The van der Waals surface area contributed by atoms with Gasteiger partial charge in [-0.25, -0.2) is 0 Å². The van der Waals surface area contributed by atoms with Crippen molar-refractivity contribution < 1.29 is 8.95 Å². The van der Waals surface area contributed by atoms with Crippen LogP contribution in [0.15, 0.2) is 29.2 Å². The first kappa shape index (κ1) is 7.15. The molecule has 0 aromatic heterocycles. The van der Waals surface area contributed by atoms with E-state index in [1.807, 2.05) is 12.1 Å². The Hall–Kier alpha value is -0.960. The fraction of sp³-hybridized carbons (Fsp3) is 0.143. The lowest BCUT2D eigenvalue weighted by molar-refractivity contribution is 0.404. The molecule has 0 spiro atoms. The first-order valence-corrected chi connectivity index (χ1v) is 3.55. The summed E-state index contributed by atoms with van der Waals surface area (Å²) in [5.74, 6) is 0.641. The van der Waals surface area contributed by atoms with Crippen LogP contribution < -0.4 is 4.74 Å². The number of benzene rings is 1. The number of para-hydroxylation sites is 1. The second kappa shape index (κ2) is 3.27. The van der Waals surface area contributed by atoms with Crippen molar-refractivity contribution in [2.24, 2.45) is 0 Å². The Labute approximate surface area is 63.3 Å². The van der Waals surface area contributed by atoms with E-state index in [0.717, 1.165) is 0 Å². The molecule has 3 heteroatoms. The van der Waals surface area contributed by atoms with Crippen LogP contribution in [-0.2, 0) is 15.9 Å². The summed E-state index contributed by atoms with van der Waals surface area (Å²) in [6, 6.07) is 7.14. The predicted octanol–water partition coefficient (Wildman–Crippen LogP) is 1.48. The van der Waals surface area contributed by atoms with Crippen molar-refractivity contribution in [3.63, 3.8) is 0 Å². The number of hydrogen-bond donors (Lipinski definition) is 0. The van der Waals surface area contributed by atoms with Gasteiger partial charge in [-0.2, -0.15) is 0 Å². The Balaban J connectivity index is 3.08. The predicted molar refractivity (Wildman–Crippen MR) is 39.3 cm³/mol. The molecule has 2 nitrogen and oxygen atoms in total. The van der Waals surface area contributed by atoms with E-state index in [1.54, 1.807) is 19.2 Å². The van der Waals surface area contributed by atoms with Crippen LogP contribution >= 0.6 is 0 Å². The number of hydrogen-bond acceptors (Lipinski definition) is 2. The maximum atomic E-state index is 10.3. The van der Waals surface area contributed by atoms with Crippen molar-refractivity contribution in [1.82, 2.24) is 0 Å². The number of methoxy groups -OCH3 is 1. The summed E-state index contributed by atoms with van der Waals surface area (Å²) in [6.07, 6.45) is 0. The Morgan fingerprint density at radius 3 is 2.60 bits per heavy atom. The molecule has 0 fully saturated rings. The molecule has 1 aromatic rings. The minimum absolute atomic E-state index is 0.445. The van der Waals surface area contributed by atoms with Crippen LogP contribution in [0.3, 0.4) is 0 Å². The molecule has 1 aromatic carbocycles. The summed E-state index contributed by atoms with van der Waals surface area (Å²) in [5, 5.41) is 0. The van der Waals surface area contributed by atoms with Crippen molar-refractivity contribution in [1.29, 1.82) is 0 Å². The van der Waals surface area contributed by atoms with Gasteiger partial charge < -0.3 is 4.74 Å². The molecule has 0 saturated carbocycles. The van der Waals surface area contributed by atoms with Gasteiger partial charge in [0.05, 0.1) is 7.11 Å². The Kier molecular flexibility index (Phi) is 2.34. The fourth-order valence-electron chi connectivity index (χ4n) is 0.688. The molecule has 0 N–H and O–H groups in total. The van der Waals surface area contributed by atoms with Crippen LogP contribution in [0.5, 0.6) is 5.75 Å². The van der Waals surface area contributed by atoms with Crippen LogP contribution in [0.4, 0.5) is 0 Å². The first-order chi connectivity index (χ1) is 4.88. The Morgan fingerprint density at radius 1 is 1.40 bits per heavy atom. The summed E-state index contributed by atoms with van der Waals surface area (Å²) in [5.41, 5.74) is 0. The smallest absolute Gasteiger partial charge is 0.491 e. The zero-order chi connectivity index (χ0) is 7.40. The normalized spacial score (nSPS) is 8.90. The third kappa shape index (κ3) is 1.30.